The Labute approximate surface area is 187 Å². The van der Waals surface area contributed by atoms with E-state index in [0.29, 0.717) is 12.5 Å². The van der Waals surface area contributed by atoms with Crippen LogP contribution in [-0.2, 0) is 10.9 Å². The maximum absolute atomic E-state index is 12.9. The number of pyridine rings is 1. The number of rotatable bonds is 9. The molecular formula is C19H30F3IN4O2. The quantitative estimate of drug-likeness (QED) is 0.220. The highest BCUT2D eigenvalue weighted by molar-refractivity contribution is 14.0. The van der Waals surface area contributed by atoms with E-state index in [-0.39, 0.29) is 36.0 Å². The van der Waals surface area contributed by atoms with Crippen molar-refractivity contribution in [3.05, 3.63) is 23.9 Å². The van der Waals surface area contributed by atoms with Gasteiger partial charge in [0.05, 0.1) is 6.54 Å². The Morgan fingerprint density at radius 3 is 2.59 bits per heavy atom. The molecule has 1 fully saturated rings. The summed E-state index contributed by atoms with van der Waals surface area (Å²) in [5.41, 5.74) is -0.668. The van der Waals surface area contributed by atoms with Gasteiger partial charge in [-0.05, 0) is 36.8 Å². The molecule has 0 aromatic carbocycles. The molecule has 0 amide bonds. The monoisotopic (exact) mass is 530 g/mol. The Morgan fingerprint density at radius 1 is 1.24 bits per heavy atom. The van der Waals surface area contributed by atoms with Gasteiger partial charge in [-0.15, -0.1) is 24.0 Å². The van der Waals surface area contributed by atoms with Crippen LogP contribution in [0.3, 0.4) is 0 Å². The molecule has 2 rings (SSSR count). The highest BCUT2D eigenvalue weighted by Crippen LogP contribution is 2.40. The molecule has 1 heterocycles. The molecule has 166 valence electrons. The number of methoxy groups -OCH3 is 1. The van der Waals surface area contributed by atoms with Gasteiger partial charge in [0.2, 0.25) is 5.88 Å². The maximum atomic E-state index is 12.9. The minimum absolute atomic E-state index is 0. The van der Waals surface area contributed by atoms with Crippen molar-refractivity contribution in [1.82, 2.24) is 15.6 Å². The van der Waals surface area contributed by atoms with Gasteiger partial charge in [-0.2, -0.15) is 13.2 Å². The first kappa shape index (κ1) is 25.7. The van der Waals surface area contributed by atoms with Crippen LogP contribution < -0.4 is 15.4 Å². The first-order valence-electron chi connectivity index (χ1n) is 9.49. The summed E-state index contributed by atoms with van der Waals surface area (Å²) >= 11 is 0. The predicted molar refractivity (Wildman–Crippen MR) is 117 cm³/mol. The molecule has 1 aliphatic rings. The summed E-state index contributed by atoms with van der Waals surface area (Å²) in [6.45, 7) is 1.86. The van der Waals surface area contributed by atoms with Gasteiger partial charge >= 0.3 is 6.18 Å². The molecule has 10 heteroatoms. The van der Waals surface area contributed by atoms with Crippen molar-refractivity contribution in [2.45, 2.75) is 38.3 Å². The van der Waals surface area contributed by atoms with E-state index in [0.717, 1.165) is 38.5 Å². The number of alkyl halides is 3. The van der Waals surface area contributed by atoms with E-state index in [9.17, 15) is 13.2 Å². The summed E-state index contributed by atoms with van der Waals surface area (Å²) < 4.78 is 49.3. The van der Waals surface area contributed by atoms with E-state index < -0.39 is 17.6 Å². The molecule has 1 aromatic rings. The standard InChI is InChI=1S/C19H29F3N4O2.HI/c1-23-17(26-14-18(9-12-27-2)7-3-4-8-18)25-11-13-28-16-15(19(20,21)22)6-5-10-24-16;/h5-6,10H,3-4,7-9,11-14H2,1-2H3,(H2,23,25,26);1H. The molecular weight excluding hydrogens is 500 g/mol. The summed E-state index contributed by atoms with van der Waals surface area (Å²) in [6, 6.07) is 2.19. The first-order chi connectivity index (χ1) is 13.4. The molecule has 0 bridgehead atoms. The lowest BCUT2D eigenvalue weighted by Gasteiger charge is -2.29. The minimum atomic E-state index is -4.49. The molecule has 0 spiro atoms. The lowest BCUT2D eigenvalue weighted by molar-refractivity contribution is -0.139. The number of nitrogens with one attached hydrogen (secondary N) is 2. The summed E-state index contributed by atoms with van der Waals surface area (Å²) in [6.07, 6.45) is 2.53. The summed E-state index contributed by atoms with van der Waals surface area (Å²) in [7, 11) is 3.37. The first-order valence-corrected chi connectivity index (χ1v) is 9.49. The zero-order chi connectivity index (χ0) is 20.5. The second kappa shape index (κ2) is 12.4. The fourth-order valence-corrected chi connectivity index (χ4v) is 3.49. The van der Waals surface area contributed by atoms with Crippen LogP contribution in [0.25, 0.3) is 0 Å². The van der Waals surface area contributed by atoms with Crippen molar-refractivity contribution in [1.29, 1.82) is 0 Å². The van der Waals surface area contributed by atoms with Crippen molar-refractivity contribution < 1.29 is 22.6 Å². The topological polar surface area (TPSA) is 67.8 Å². The number of hydrogen-bond donors (Lipinski definition) is 2. The van der Waals surface area contributed by atoms with E-state index in [2.05, 4.69) is 20.6 Å². The second-order valence-electron chi connectivity index (χ2n) is 7.00. The van der Waals surface area contributed by atoms with Gasteiger partial charge in [0.25, 0.3) is 0 Å². The number of hydrogen-bond acceptors (Lipinski definition) is 4. The molecule has 0 saturated heterocycles. The highest BCUT2D eigenvalue weighted by Gasteiger charge is 2.35. The fourth-order valence-electron chi connectivity index (χ4n) is 3.49. The molecule has 0 atom stereocenters. The van der Waals surface area contributed by atoms with Crippen molar-refractivity contribution in [3.8, 4) is 5.88 Å². The van der Waals surface area contributed by atoms with Crippen LogP contribution in [0.1, 0.15) is 37.7 Å². The maximum Gasteiger partial charge on any atom is 0.421 e. The Morgan fingerprint density at radius 2 is 1.97 bits per heavy atom. The molecule has 2 N–H and O–H groups in total. The lowest BCUT2D eigenvalue weighted by atomic mass is 9.83. The molecule has 0 unspecified atom stereocenters. The van der Waals surface area contributed by atoms with Crippen LogP contribution in [0.4, 0.5) is 13.2 Å². The number of halogens is 4. The molecule has 6 nitrogen and oxygen atoms in total. The smallest absolute Gasteiger partial charge is 0.421 e. The van der Waals surface area contributed by atoms with E-state index >= 15 is 0 Å². The third-order valence-corrected chi connectivity index (χ3v) is 5.07. The van der Waals surface area contributed by atoms with Crippen LogP contribution >= 0.6 is 24.0 Å². The van der Waals surface area contributed by atoms with Crippen molar-refractivity contribution in [2.75, 3.05) is 40.5 Å². The van der Waals surface area contributed by atoms with Crippen molar-refractivity contribution in [3.63, 3.8) is 0 Å². The van der Waals surface area contributed by atoms with Crippen molar-refractivity contribution in [2.24, 2.45) is 10.4 Å². The summed E-state index contributed by atoms with van der Waals surface area (Å²) in [4.78, 5) is 7.85. The Hall–Kier alpha value is -1.30. The SMILES string of the molecule is CN=C(NCCOc1ncccc1C(F)(F)F)NCC1(CCOC)CCCC1.I. The Bertz CT molecular complexity index is 638. The van der Waals surface area contributed by atoms with Crippen LogP contribution in [0.2, 0.25) is 0 Å². The number of ether oxygens (including phenoxy) is 2. The molecule has 1 aromatic heterocycles. The minimum Gasteiger partial charge on any atom is -0.475 e. The normalized spacial score (nSPS) is 16.2. The zero-order valence-electron chi connectivity index (χ0n) is 16.8. The van der Waals surface area contributed by atoms with Crippen LogP contribution in [0.5, 0.6) is 5.88 Å². The van der Waals surface area contributed by atoms with Crippen molar-refractivity contribution >= 4 is 29.9 Å². The Kier molecular flexibility index (Phi) is 11.0. The van der Waals surface area contributed by atoms with Gasteiger partial charge in [-0.25, -0.2) is 4.98 Å². The van der Waals surface area contributed by atoms with Gasteiger partial charge in [0.1, 0.15) is 12.2 Å². The van der Waals surface area contributed by atoms with E-state index in [1.807, 2.05) is 0 Å². The van der Waals surface area contributed by atoms with Gasteiger partial charge < -0.3 is 20.1 Å². The highest BCUT2D eigenvalue weighted by atomic mass is 127. The lowest BCUT2D eigenvalue weighted by Crippen LogP contribution is -2.44. The van der Waals surface area contributed by atoms with Crippen LogP contribution in [-0.4, -0.2) is 51.4 Å². The molecule has 0 radical (unpaired) electrons. The van der Waals surface area contributed by atoms with Gasteiger partial charge in [0, 0.05) is 33.5 Å². The van der Waals surface area contributed by atoms with Gasteiger partial charge in [-0.1, -0.05) is 12.8 Å². The second-order valence-corrected chi connectivity index (χ2v) is 7.00. The average molecular weight is 530 g/mol. The van der Waals surface area contributed by atoms with E-state index in [1.54, 1.807) is 14.2 Å². The van der Waals surface area contributed by atoms with Gasteiger partial charge in [0.15, 0.2) is 5.96 Å². The number of nitrogens with zero attached hydrogens (tertiary/aromatic N) is 2. The summed E-state index contributed by atoms with van der Waals surface area (Å²) in [5.74, 6) is 0.188. The molecule has 0 aliphatic heterocycles. The van der Waals surface area contributed by atoms with E-state index in [1.165, 1.54) is 25.1 Å². The number of aromatic nitrogens is 1. The fraction of sp³-hybridized carbons (Fsp3) is 0.684. The molecule has 29 heavy (non-hydrogen) atoms. The molecule has 1 saturated carbocycles. The zero-order valence-corrected chi connectivity index (χ0v) is 19.2. The average Bonchev–Trinajstić information content (AvgIpc) is 3.14. The van der Waals surface area contributed by atoms with Gasteiger partial charge in [-0.3, -0.25) is 4.99 Å². The van der Waals surface area contributed by atoms with Crippen LogP contribution in [0, 0.1) is 5.41 Å². The third-order valence-electron chi connectivity index (χ3n) is 5.07. The molecule has 1 aliphatic carbocycles. The third kappa shape index (κ3) is 8.15. The summed E-state index contributed by atoms with van der Waals surface area (Å²) in [5, 5.41) is 6.40. The number of aliphatic imine (C=N–C) groups is 1. The largest absolute Gasteiger partial charge is 0.475 e. The number of guanidine groups is 1. The Balaban J connectivity index is 0.00000420. The van der Waals surface area contributed by atoms with Crippen LogP contribution in [0.15, 0.2) is 23.3 Å². The van der Waals surface area contributed by atoms with E-state index in [4.69, 9.17) is 9.47 Å². The predicted octanol–water partition coefficient (Wildman–Crippen LogP) is 3.86.